The molecule has 0 radical (unpaired) electrons. The summed E-state index contributed by atoms with van der Waals surface area (Å²) in [6, 6.07) is 6.19. The van der Waals surface area contributed by atoms with Crippen molar-refractivity contribution >= 4 is 32.6 Å². The van der Waals surface area contributed by atoms with Gasteiger partial charge >= 0.3 is 32.6 Å². The highest BCUT2D eigenvalue weighted by Crippen LogP contribution is 2.30. The molecule has 0 aliphatic rings. The van der Waals surface area contributed by atoms with E-state index in [1.807, 2.05) is 0 Å². The van der Waals surface area contributed by atoms with Crippen molar-refractivity contribution in [2.45, 2.75) is 0 Å². The molecule has 0 spiro atoms. The second-order valence-electron chi connectivity index (χ2n) is 4.83. The van der Waals surface area contributed by atoms with Crippen molar-refractivity contribution in [1.82, 2.24) is 0 Å². The lowest BCUT2D eigenvalue weighted by molar-refractivity contribution is 0.0679. The molecule has 11 heteroatoms. The van der Waals surface area contributed by atoms with Crippen LogP contribution in [0.4, 0.5) is 0 Å². The van der Waals surface area contributed by atoms with Crippen LogP contribution in [0, 0.1) is 0 Å². The van der Waals surface area contributed by atoms with Gasteiger partial charge in [-0.25, -0.2) is 19.2 Å². The van der Waals surface area contributed by atoms with Crippen molar-refractivity contribution in [3.63, 3.8) is 0 Å². The highest BCUT2D eigenvalue weighted by molar-refractivity contribution is 7.16. The number of aromatic carboxylic acids is 4. The summed E-state index contributed by atoms with van der Waals surface area (Å²) in [7, 11) is -1.17. The Morgan fingerprint density at radius 2 is 0.926 bits per heavy atom. The van der Waals surface area contributed by atoms with Gasteiger partial charge < -0.3 is 20.4 Å². The van der Waals surface area contributed by atoms with Gasteiger partial charge in [-0.1, -0.05) is 0 Å². The fourth-order valence-corrected chi connectivity index (χ4v) is 2.17. The maximum atomic E-state index is 11.4. The van der Waals surface area contributed by atoms with E-state index in [0.29, 0.717) is 0 Å². The van der Waals surface area contributed by atoms with Crippen molar-refractivity contribution in [3.8, 4) is 11.1 Å². The Hall–Kier alpha value is -3.62. The third-order valence-electron chi connectivity index (χ3n) is 3.28. The van der Waals surface area contributed by atoms with E-state index in [-0.39, 0.29) is 33.4 Å². The molecule has 0 saturated heterocycles. The summed E-state index contributed by atoms with van der Waals surface area (Å²) in [4.78, 5) is 52.0. The van der Waals surface area contributed by atoms with Crippen molar-refractivity contribution in [2.24, 2.45) is 0 Å². The lowest BCUT2D eigenvalue weighted by Gasteiger charge is -2.11. The van der Waals surface area contributed by atoms with E-state index in [1.54, 1.807) is 0 Å². The summed E-state index contributed by atoms with van der Waals surface area (Å²) in [5, 5.41) is 36.6. The molecule has 2 rings (SSSR count). The number of carbonyl (C=O) groups is 4. The molecule has 0 aromatic heterocycles. The normalized spacial score (nSPS) is 9.81. The van der Waals surface area contributed by atoms with Crippen LogP contribution in [0.25, 0.3) is 11.1 Å². The highest BCUT2D eigenvalue weighted by Gasteiger charge is 2.21. The second-order valence-corrected chi connectivity index (χ2v) is 5.02. The maximum absolute atomic E-state index is 11.4. The Bertz CT molecular complexity index is 861. The zero-order valence-corrected chi connectivity index (χ0v) is 14.2. The molecule has 5 N–H and O–H groups in total. The molecule has 140 valence electrons. The molecule has 0 aliphatic heterocycles. The number of rotatable bonds is 5. The van der Waals surface area contributed by atoms with Crippen molar-refractivity contribution in [1.29, 1.82) is 0 Å². The quantitative estimate of drug-likeness (QED) is 0.469. The molecule has 1 unspecified atom stereocenters. The third-order valence-corrected chi connectivity index (χ3v) is 3.28. The van der Waals surface area contributed by atoms with Gasteiger partial charge in [-0.15, -0.1) is 0 Å². The van der Waals surface area contributed by atoms with E-state index >= 15 is 0 Å². The van der Waals surface area contributed by atoms with Crippen LogP contribution < -0.4 is 0 Å². The summed E-state index contributed by atoms with van der Waals surface area (Å²) < 4.78 is 8.51. The van der Waals surface area contributed by atoms with E-state index in [4.69, 9.17) is 19.7 Å². The van der Waals surface area contributed by atoms with Crippen LogP contribution in [0.5, 0.6) is 0 Å². The molecule has 0 bridgehead atoms. The summed E-state index contributed by atoms with van der Waals surface area (Å²) in [5.41, 5.74) is -1.58. The van der Waals surface area contributed by atoms with Gasteiger partial charge in [0.25, 0.3) is 0 Å². The number of carboxylic acids is 4. The van der Waals surface area contributed by atoms with Crippen molar-refractivity contribution in [3.05, 3.63) is 58.7 Å². The Labute approximate surface area is 152 Å². The Kier molecular flexibility index (Phi) is 7.28. The average Bonchev–Trinajstić information content (AvgIpc) is 2.61. The van der Waals surface area contributed by atoms with E-state index in [1.165, 1.54) is 0 Å². The van der Waals surface area contributed by atoms with E-state index < -0.39 is 32.6 Å². The lowest BCUT2D eigenvalue weighted by Crippen LogP contribution is -2.08. The minimum Gasteiger partial charge on any atom is -0.478 e. The first-order valence-electron chi connectivity index (χ1n) is 6.86. The second kappa shape index (κ2) is 9.18. The highest BCUT2D eigenvalue weighted by atomic mass is 31.1. The molecule has 2 aromatic rings. The van der Waals surface area contributed by atoms with Crippen LogP contribution >= 0.6 is 8.69 Å². The van der Waals surface area contributed by atoms with Gasteiger partial charge in [0.2, 0.25) is 0 Å². The summed E-state index contributed by atoms with van der Waals surface area (Å²) in [5.74, 6) is -5.48. The average molecular weight is 395 g/mol. The van der Waals surface area contributed by atoms with Crippen molar-refractivity contribution in [2.75, 3.05) is 0 Å². The summed E-state index contributed by atoms with van der Waals surface area (Å²) in [6.07, 6.45) is 0. The number of benzene rings is 2. The van der Waals surface area contributed by atoms with Gasteiger partial charge in [-0.3, -0.25) is 0 Å². The summed E-state index contributed by atoms with van der Waals surface area (Å²) >= 11 is 0. The van der Waals surface area contributed by atoms with Crippen LogP contribution in [0.15, 0.2) is 36.4 Å². The zero-order chi connectivity index (χ0) is 20.7. The maximum Gasteiger partial charge on any atom is 0.491 e. The van der Waals surface area contributed by atoms with E-state index in [2.05, 4.69) is 0 Å². The first-order valence-corrected chi connectivity index (χ1v) is 7.72. The van der Waals surface area contributed by atoms with Crippen LogP contribution in [0.3, 0.4) is 0 Å². The first-order chi connectivity index (χ1) is 12.6. The largest absolute Gasteiger partial charge is 0.491 e. The van der Waals surface area contributed by atoms with Crippen LogP contribution in [0.1, 0.15) is 41.4 Å². The van der Waals surface area contributed by atoms with Crippen LogP contribution in [-0.2, 0) is 4.57 Å². The molecule has 10 nitrogen and oxygen atoms in total. The Morgan fingerprint density at radius 1 is 0.630 bits per heavy atom. The van der Waals surface area contributed by atoms with E-state index in [9.17, 15) is 29.4 Å². The molecule has 0 heterocycles. The molecule has 1 atom stereocenters. The molecule has 0 fully saturated rings. The Morgan fingerprint density at radius 3 is 1.15 bits per heavy atom. The lowest BCUT2D eigenvalue weighted by atomic mass is 9.92. The molecular formula is C16H12O10P+. The molecule has 2 aromatic carbocycles. The minimum atomic E-state index is -1.40. The van der Waals surface area contributed by atoms with Gasteiger partial charge in [0.15, 0.2) is 0 Å². The zero-order valence-electron chi connectivity index (χ0n) is 13.2. The van der Waals surface area contributed by atoms with Crippen LogP contribution in [-0.4, -0.2) is 49.2 Å². The third kappa shape index (κ3) is 5.18. The number of hydrogen-bond acceptors (Lipinski definition) is 5. The molecule has 27 heavy (non-hydrogen) atoms. The fraction of sp³-hybridized carbons (Fsp3) is 0. The van der Waals surface area contributed by atoms with Crippen molar-refractivity contribution < 1.29 is 49.1 Å². The SMILES string of the molecule is O=C(O)c1ccc(C(=O)O)c(-c2cc(C(=O)O)ccc2C(=O)O)c1.O=[PH+]O. The molecule has 0 aliphatic carbocycles. The number of carboxylic acid groups (broad SMARTS) is 4. The van der Waals surface area contributed by atoms with Crippen LogP contribution in [0.2, 0.25) is 0 Å². The molecule has 0 amide bonds. The molecule has 0 saturated carbocycles. The van der Waals surface area contributed by atoms with Gasteiger partial charge in [0.1, 0.15) is 0 Å². The monoisotopic (exact) mass is 395 g/mol. The fourth-order valence-electron chi connectivity index (χ4n) is 2.17. The predicted octanol–water partition coefficient (Wildman–Crippen LogP) is 2.06. The first kappa shape index (κ1) is 21.4. The summed E-state index contributed by atoms with van der Waals surface area (Å²) in [6.45, 7) is 0. The van der Waals surface area contributed by atoms with Gasteiger partial charge in [0, 0.05) is 0 Å². The van der Waals surface area contributed by atoms with Gasteiger partial charge in [0.05, 0.1) is 22.3 Å². The number of hydrogen-bond donors (Lipinski definition) is 5. The van der Waals surface area contributed by atoms with Gasteiger partial charge in [-0.2, -0.15) is 4.89 Å². The topological polar surface area (TPSA) is 186 Å². The predicted molar refractivity (Wildman–Crippen MR) is 90.9 cm³/mol. The van der Waals surface area contributed by atoms with E-state index in [0.717, 1.165) is 36.4 Å². The van der Waals surface area contributed by atoms with Gasteiger partial charge in [-0.05, 0) is 52.1 Å². The Balaban J connectivity index is 0.00000114. The minimum absolute atomic E-state index is 0.192. The molecular weight excluding hydrogens is 383 g/mol. The smallest absolute Gasteiger partial charge is 0.478 e. The standard InChI is InChI=1S/C16H10O8.HO2P/c17-13(18)7-1-3-9(15(21)22)11(5-7)12-6-8(14(19)20)2-4-10(12)16(23)24;1-3-2/h1-6H,(H,17,18)(H,19,20)(H,21,22)(H,23,24);3H/p+1.